The largest absolute Gasteiger partial charge is 0.382 e. The molecular weight excluding hydrogens is 226 g/mol. The lowest BCUT2D eigenvalue weighted by atomic mass is 10.1. The van der Waals surface area contributed by atoms with Crippen molar-refractivity contribution in [2.45, 2.75) is 6.92 Å². The maximum atomic E-state index is 9.07. The summed E-state index contributed by atoms with van der Waals surface area (Å²) in [6.45, 7) is 7.53. The minimum Gasteiger partial charge on any atom is -0.382 e. The molecule has 1 fully saturated rings. The molecule has 0 atom stereocenters. The summed E-state index contributed by atoms with van der Waals surface area (Å²) in [6.07, 6.45) is 0. The van der Waals surface area contributed by atoms with Crippen LogP contribution in [0.25, 0.3) is 0 Å². The van der Waals surface area contributed by atoms with E-state index in [1.165, 1.54) is 0 Å². The van der Waals surface area contributed by atoms with Crippen molar-refractivity contribution < 1.29 is 4.74 Å². The quantitative estimate of drug-likeness (QED) is 0.875. The highest BCUT2D eigenvalue weighted by atomic mass is 16.5. The van der Waals surface area contributed by atoms with Gasteiger partial charge in [-0.3, -0.25) is 4.90 Å². The van der Waals surface area contributed by atoms with Gasteiger partial charge in [-0.05, 0) is 18.6 Å². The molecule has 18 heavy (non-hydrogen) atoms. The Kier molecular flexibility index (Phi) is 4.57. The maximum absolute atomic E-state index is 9.07. The normalized spacial score (nSPS) is 16.2. The highest BCUT2D eigenvalue weighted by molar-refractivity contribution is 5.62. The number of anilines is 1. The van der Waals surface area contributed by atoms with Crippen LogP contribution in [0.5, 0.6) is 0 Å². The molecular formula is C14H19N3O. The second kappa shape index (κ2) is 6.39. The first-order valence-corrected chi connectivity index (χ1v) is 6.35. The summed E-state index contributed by atoms with van der Waals surface area (Å²) in [4.78, 5) is 2.38. The molecule has 1 saturated heterocycles. The molecule has 1 aliphatic rings. The summed E-state index contributed by atoms with van der Waals surface area (Å²) in [5.74, 6) is 0. The van der Waals surface area contributed by atoms with Crippen molar-refractivity contribution >= 4 is 5.69 Å². The van der Waals surface area contributed by atoms with E-state index in [2.05, 4.69) is 16.3 Å². The van der Waals surface area contributed by atoms with Gasteiger partial charge >= 0.3 is 0 Å². The van der Waals surface area contributed by atoms with E-state index >= 15 is 0 Å². The van der Waals surface area contributed by atoms with E-state index in [-0.39, 0.29) is 0 Å². The van der Waals surface area contributed by atoms with Crippen molar-refractivity contribution in [3.8, 4) is 6.07 Å². The molecule has 1 aromatic carbocycles. The number of nitrogens with one attached hydrogen (secondary N) is 1. The second-order valence-corrected chi connectivity index (χ2v) is 4.49. The third-order valence-electron chi connectivity index (χ3n) is 3.23. The van der Waals surface area contributed by atoms with Crippen LogP contribution in [0.3, 0.4) is 0 Å². The summed E-state index contributed by atoms with van der Waals surface area (Å²) in [5, 5.41) is 12.4. The lowest BCUT2D eigenvalue weighted by Crippen LogP contribution is -2.39. The molecule has 1 N–H and O–H groups in total. The molecule has 1 aliphatic heterocycles. The summed E-state index contributed by atoms with van der Waals surface area (Å²) in [5.41, 5.74) is 2.81. The predicted octanol–water partition coefficient (Wildman–Crippen LogP) is 1.61. The number of benzene rings is 1. The zero-order valence-corrected chi connectivity index (χ0v) is 10.8. The smallest absolute Gasteiger partial charge is 0.101 e. The lowest BCUT2D eigenvalue weighted by molar-refractivity contribution is 0.0398. The van der Waals surface area contributed by atoms with Gasteiger partial charge in [0.25, 0.3) is 0 Å². The number of aryl methyl sites for hydroxylation is 1. The minimum absolute atomic E-state index is 0.719. The number of morpholine rings is 1. The first-order chi connectivity index (χ1) is 8.81. The molecule has 0 spiro atoms. The number of ether oxygens (including phenoxy) is 1. The number of para-hydroxylation sites is 1. The van der Waals surface area contributed by atoms with Gasteiger partial charge < -0.3 is 10.1 Å². The molecule has 0 saturated carbocycles. The molecule has 0 radical (unpaired) electrons. The van der Waals surface area contributed by atoms with Crippen molar-refractivity contribution in [1.82, 2.24) is 4.90 Å². The van der Waals surface area contributed by atoms with Crippen molar-refractivity contribution in [2.75, 3.05) is 44.7 Å². The maximum Gasteiger partial charge on any atom is 0.101 e. The Hall–Kier alpha value is -1.57. The van der Waals surface area contributed by atoms with Gasteiger partial charge in [0, 0.05) is 26.2 Å². The third-order valence-corrected chi connectivity index (χ3v) is 3.23. The van der Waals surface area contributed by atoms with Gasteiger partial charge in [-0.1, -0.05) is 12.1 Å². The highest BCUT2D eigenvalue weighted by Gasteiger charge is 2.10. The number of hydrogen-bond donors (Lipinski definition) is 1. The van der Waals surface area contributed by atoms with Gasteiger partial charge in [-0.25, -0.2) is 0 Å². The summed E-state index contributed by atoms with van der Waals surface area (Å²) >= 11 is 0. The van der Waals surface area contributed by atoms with Crippen LogP contribution in [0.4, 0.5) is 5.69 Å². The molecule has 0 aliphatic carbocycles. The van der Waals surface area contributed by atoms with Gasteiger partial charge in [-0.15, -0.1) is 0 Å². The van der Waals surface area contributed by atoms with Gasteiger partial charge in [-0.2, -0.15) is 5.26 Å². The molecule has 0 unspecified atom stereocenters. The Morgan fingerprint density at radius 1 is 1.39 bits per heavy atom. The molecule has 96 valence electrons. The number of rotatable bonds is 4. The summed E-state index contributed by atoms with van der Waals surface area (Å²) in [6, 6.07) is 8.02. The molecule has 0 amide bonds. The Morgan fingerprint density at radius 2 is 2.17 bits per heavy atom. The second-order valence-electron chi connectivity index (χ2n) is 4.49. The van der Waals surface area contributed by atoms with Gasteiger partial charge in [0.1, 0.15) is 6.07 Å². The van der Waals surface area contributed by atoms with Crippen LogP contribution in [0.1, 0.15) is 11.1 Å². The highest BCUT2D eigenvalue weighted by Crippen LogP contribution is 2.19. The van der Waals surface area contributed by atoms with Crippen LogP contribution in [-0.4, -0.2) is 44.3 Å². The molecule has 0 aromatic heterocycles. The average molecular weight is 245 g/mol. The van der Waals surface area contributed by atoms with Crippen molar-refractivity contribution in [2.24, 2.45) is 0 Å². The monoisotopic (exact) mass is 245 g/mol. The van der Waals surface area contributed by atoms with Crippen molar-refractivity contribution in [1.29, 1.82) is 5.26 Å². The Labute approximate surface area is 108 Å². The molecule has 4 heteroatoms. The van der Waals surface area contributed by atoms with E-state index in [4.69, 9.17) is 10.00 Å². The van der Waals surface area contributed by atoms with Crippen molar-refractivity contribution in [3.05, 3.63) is 29.3 Å². The van der Waals surface area contributed by atoms with Gasteiger partial charge in [0.15, 0.2) is 0 Å². The van der Waals surface area contributed by atoms with E-state index < -0.39 is 0 Å². The molecule has 2 rings (SSSR count). The van der Waals surface area contributed by atoms with E-state index in [1.54, 1.807) is 0 Å². The van der Waals surface area contributed by atoms with Crippen LogP contribution in [0.15, 0.2) is 18.2 Å². The SMILES string of the molecule is Cc1cccc(C#N)c1NCCN1CCOCC1. The van der Waals surface area contributed by atoms with Crippen LogP contribution in [0.2, 0.25) is 0 Å². The Bertz CT molecular complexity index is 433. The zero-order valence-electron chi connectivity index (χ0n) is 10.8. The fourth-order valence-corrected chi connectivity index (χ4v) is 2.16. The number of nitriles is 1. The lowest BCUT2D eigenvalue weighted by Gasteiger charge is -2.26. The molecule has 4 nitrogen and oxygen atoms in total. The number of nitrogens with zero attached hydrogens (tertiary/aromatic N) is 2. The van der Waals surface area contributed by atoms with E-state index in [0.29, 0.717) is 0 Å². The van der Waals surface area contributed by atoms with Gasteiger partial charge in [0.05, 0.1) is 24.5 Å². The molecule has 1 heterocycles. The minimum atomic E-state index is 0.719. The summed E-state index contributed by atoms with van der Waals surface area (Å²) in [7, 11) is 0. The first kappa shape index (κ1) is 12.9. The predicted molar refractivity (Wildman–Crippen MR) is 71.6 cm³/mol. The third kappa shape index (κ3) is 3.22. The average Bonchev–Trinajstić information content (AvgIpc) is 2.41. The standard InChI is InChI=1S/C14H19N3O/c1-12-3-2-4-13(11-15)14(12)16-5-6-17-7-9-18-10-8-17/h2-4,16H,5-10H2,1H3. The van der Waals surface area contributed by atoms with Gasteiger partial charge in [0.2, 0.25) is 0 Å². The topological polar surface area (TPSA) is 48.3 Å². The van der Waals surface area contributed by atoms with E-state index in [0.717, 1.165) is 56.2 Å². The Balaban J connectivity index is 1.88. The fourth-order valence-electron chi connectivity index (χ4n) is 2.16. The Morgan fingerprint density at radius 3 is 2.89 bits per heavy atom. The van der Waals surface area contributed by atoms with E-state index in [1.807, 2.05) is 25.1 Å². The van der Waals surface area contributed by atoms with Crippen molar-refractivity contribution in [3.63, 3.8) is 0 Å². The van der Waals surface area contributed by atoms with Crippen LogP contribution < -0.4 is 5.32 Å². The summed E-state index contributed by atoms with van der Waals surface area (Å²) < 4.78 is 5.31. The van der Waals surface area contributed by atoms with Crippen LogP contribution in [-0.2, 0) is 4.74 Å². The number of hydrogen-bond acceptors (Lipinski definition) is 4. The fraction of sp³-hybridized carbons (Fsp3) is 0.500. The zero-order chi connectivity index (χ0) is 12.8. The van der Waals surface area contributed by atoms with Crippen LogP contribution in [0, 0.1) is 18.3 Å². The van der Waals surface area contributed by atoms with E-state index in [9.17, 15) is 0 Å². The van der Waals surface area contributed by atoms with Crippen LogP contribution >= 0.6 is 0 Å². The molecule has 1 aromatic rings. The molecule has 0 bridgehead atoms. The first-order valence-electron chi connectivity index (χ1n) is 6.35.